The molecule has 1 atom stereocenters. The highest BCUT2D eigenvalue weighted by atomic mass is 15.2. The molecule has 1 aliphatic rings. The highest BCUT2D eigenvalue weighted by Crippen LogP contribution is 2.10. The monoisotopic (exact) mass is 177 g/mol. The van der Waals surface area contributed by atoms with Gasteiger partial charge >= 0.3 is 0 Å². The van der Waals surface area contributed by atoms with Gasteiger partial charge in [-0.1, -0.05) is 0 Å². The van der Waals surface area contributed by atoms with Crippen molar-refractivity contribution < 1.29 is 0 Å². The van der Waals surface area contributed by atoms with Crippen LogP contribution < -0.4 is 5.73 Å². The number of nitrogens with zero attached hydrogens (tertiary/aromatic N) is 2. The predicted molar refractivity (Wildman–Crippen MR) is 52.1 cm³/mol. The van der Waals surface area contributed by atoms with E-state index < -0.39 is 0 Å². The largest absolute Gasteiger partial charge is 0.326 e. The normalized spacial score (nSPS) is 23.6. The zero-order valence-corrected chi connectivity index (χ0v) is 7.69. The first kappa shape index (κ1) is 8.66. The first-order chi connectivity index (χ1) is 6.34. The lowest BCUT2D eigenvalue weighted by Gasteiger charge is -2.14. The van der Waals surface area contributed by atoms with E-state index in [0.29, 0.717) is 6.04 Å². The predicted octanol–water partition coefficient (Wildman–Crippen LogP) is 0.615. The molecule has 0 bridgehead atoms. The molecule has 0 aromatic carbocycles. The quantitative estimate of drug-likeness (QED) is 0.720. The Morgan fingerprint density at radius 3 is 2.85 bits per heavy atom. The number of hydrogen-bond acceptors (Lipinski definition) is 3. The standard InChI is InChI=1S/C10H15N3/c11-10-3-6-13(8-10)7-9-1-4-12-5-2-9/h1-2,4-5,10H,3,6-8,11H2/t10-/m0/s1. The third kappa shape index (κ3) is 2.26. The molecule has 1 saturated heterocycles. The zero-order valence-electron chi connectivity index (χ0n) is 7.69. The molecular formula is C10H15N3. The van der Waals surface area contributed by atoms with Crippen molar-refractivity contribution in [3.63, 3.8) is 0 Å². The van der Waals surface area contributed by atoms with Crippen molar-refractivity contribution in [1.29, 1.82) is 0 Å². The van der Waals surface area contributed by atoms with Crippen LogP contribution in [0.4, 0.5) is 0 Å². The topological polar surface area (TPSA) is 42.1 Å². The molecule has 0 unspecified atom stereocenters. The highest BCUT2D eigenvalue weighted by Gasteiger charge is 2.18. The summed E-state index contributed by atoms with van der Waals surface area (Å²) in [4.78, 5) is 6.38. The maximum absolute atomic E-state index is 5.82. The number of pyridine rings is 1. The van der Waals surface area contributed by atoms with Crippen molar-refractivity contribution in [2.75, 3.05) is 13.1 Å². The molecule has 13 heavy (non-hydrogen) atoms. The second-order valence-electron chi connectivity index (χ2n) is 3.64. The Labute approximate surface area is 78.6 Å². The van der Waals surface area contributed by atoms with Crippen molar-refractivity contribution in [3.05, 3.63) is 30.1 Å². The van der Waals surface area contributed by atoms with Gasteiger partial charge in [-0.25, -0.2) is 0 Å². The van der Waals surface area contributed by atoms with Crippen LogP contribution in [0.25, 0.3) is 0 Å². The lowest BCUT2D eigenvalue weighted by Crippen LogP contribution is -2.26. The van der Waals surface area contributed by atoms with E-state index in [2.05, 4.69) is 22.0 Å². The van der Waals surface area contributed by atoms with Crippen LogP contribution in [0.3, 0.4) is 0 Å². The zero-order chi connectivity index (χ0) is 9.10. The van der Waals surface area contributed by atoms with E-state index in [4.69, 9.17) is 5.73 Å². The molecule has 0 amide bonds. The van der Waals surface area contributed by atoms with Crippen LogP contribution in [0.15, 0.2) is 24.5 Å². The van der Waals surface area contributed by atoms with Crippen LogP contribution in [-0.2, 0) is 6.54 Å². The fraction of sp³-hybridized carbons (Fsp3) is 0.500. The van der Waals surface area contributed by atoms with Crippen LogP contribution in [0, 0.1) is 0 Å². The summed E-state index contributed by atoms with van der Waals surface area (Å²) in [7, 11) is 0. The van der Waals surface area contributed by atoms with Crippen LogP contribution in [0.1, 0.15) is 12.0 Å². The molecule has 0 radical (unpaired) electrons. The molecule has 1 aromatic rings. The fourth-order valence-corrected chi connectivity index (χ4v) is 1.75. The van der Waals surface area contributed by atoms with Gasteiger partial charge in [0.15, 0.2) is 0 Å². The van der Waals surface area contributed by atoms with E-state index in [-0.39, 0.29) is 0 Å². The van der Waals surface area contributed by atoms with E-state index in [9.17, 15) is 0 Å². The van der Waals surface area contributed by atoms with Gasteiger partial charge in [-0.05, 0) is 24.1 Å². The second-order valence-corrected chi connectivity index (χ2v) is 3.64. The minimum absolute atomic E-state index is 0.377. The first-order valence-electron chi connectivity index (χ1n) is 4.71. The SMILES string of the molecule is N[C@H]1CCN(Cc2ccncc2)C1. The van der Waals surface area contributed by atoms with E-state index >= 15 is 0 Å². The summed E-state index contributed by atoms with van der Waals surface area (Å²) in [6.07, 6.45) is 4.81. The Bertz CT molecular complexity index is 260. The van der Waals surface area contributed by atoms with Crippen molar-refractivity contribution in [3.8, 4) is 0 Å². The summed E-state index contributed by atoms with van der Waals surface area (Å²) >= 11 is 0. The molecule has 1 fully saturated rings. The number of likely N-dealkylation sites (tertiary alicyclic amines) is 1. The molecule has 1 aliphatic heterocycles. The Balaban J connectivity index is 1.92. The van der Waals surface area contributed by atoms with Gasteiger partial charge in [0, 0.05) is 38.1 Å². The van der Waals surface area contributed by atoms with E-state index in [1.807, 2.05) is 12.4 Å². The summed E-state index contributed by atoms with van der Waals surface area (Å²) in [5.74, 6) is 0. The Kier molecular flexibility index (Phi) is 2.57. The van der Waals surface area contributed by atoms with Gasteiger partial charge in [-0.3, -0.25) is 9.88 Å². The lowest BCUT2D eigenvalue weighted by atomic mass is 10.2. The van der Waals surface area contributed by atoms with Crippen molar-refractivity contribution in [1.82, 2.24) is 9.88 Å². The van der Waals surface area contributed by atoms with Gasteiger partial charge in [0.25, 0.3) is 0 Å². The van der Waals surface area contributed by atoms with Crippen LogP contribution in [-0.4, -0.2) is 29.0 Å². The number of hydrogen-bond donors (Lipinski definition) is 1. The van der Waals surface area contributed by atoms with Gasteiger partial charge < -0.3 is 5.73 Å². The van der Waals surface area contributed by atoms with Crippen LogP contribution in [0.2, 0.25) is 0 Å². The summed E-state index contributed by atoms with van der Waals surface area (Å²) < 4.78 is 0. The van der Waals surface area contributed by atoms with Crippen molar-refractivity contribution in [2.24, 2.45) is 5.73 Å². The number of rotatable bonds is 2. The highest BCUT2D eigenvalue weighted by molar-refractivity contribution is 5.09. The lowest BCUT2D eigenvalue weighted by molar-refractivity contribution is 0.327. The van der Waals surface area contributed by atoms with Gasteiger partial charge in [-0.2, -0.15) is 0 Å². The maximum atomic E-state index is 5.82. The maximum Gasteiger partial charge on any atom is 0.0271 e. The summed E-state index contributed by atoms with van der Waals surface area (Å²) in [5.41, 5.74) is 7.15. The Morgan fingerprint density at radius 2 is 2.23 bits per heavy atom. The third-order valence-corrected chi connectivity index (χ3v) is 2.46. The van der Waals surface area contributed by atoms with Gasteiger partial charge in [0.05, 0.1) is 0 Å². The Morgan fingerprint density at radius 1 is 1.46 bits per heavy atom. The summed E-state index contributed by atoms with van der Waals surface area (Å²) in [6, 6.07) is 4.50. The fourth-order valence-electron chi connectivity index (χ4n) is 1.75. The van der Waals surface area contributed by atoms with Gasteiger partial charge in [0.2, 0.25) is 0 Å². The molecule has 3 nitrogen and oxygen atoms in total. The summed E-state index contributed by atoms with van der Waals surface area (Å²) in [5, 5.41) is 0. The van der Waals surface area contributed by atoms with Crippen LogP contribution in [0.5, 0.6) is 0 Å². The van der Waals surface area contributed by atoms with E-state index in [0.717, 1.165) is 26.1 Å². The average Bonchev–Trinajstić information content (AvgIpc) is 2.53. The number of nitrogens with two attached hydrogens (primary N) is 1. The summed E-state index contributed by atoms with van der Waals surface area (Å²) in [6.45, 7) is 3.17. The van der Waals surface area contributed by atoms with E-state index in [1.54, 1.807) is 0 Å². The van der Waals surface area contributed by atoms with Crippen LogP contribution >= 0.6 is 0 Å². The molecule has 0 saturated carbocycles. The molecule has 2 rings (SSSR count). The molecule has 2 N–H and O–H groups in total. The Hall–Kier alpha value is -0.930. The van der Waals surface area contributed by atoms with Gasteiger partial charge in [0.1, 0.15) is 0 Å². The number of aromatic nitrogens is 1. The first-order valence-corrected chi connectivity index (χ1v) is 4.71. The molecule has 70 valence electrons. The molecule has 0 spiro atoms. The van der Waals surface area contributed by atoms with E-state index in [1.165, 1.54) is 5.56 Å². The molecular weight excluding hydrogens is 162 g/mol. The molecule has 1 aromatic heterocycles. The average molecular weight is 177 g/mol. The van der Waals surface area contributed by atoms with Gasteiger partial charge in [-0.15, -0.1) is 0 Å². The molecule has 2 heterocycles. The minimum atomic E-state index is 0.377. The van der Waals surface area contributed by atoms with Crippen molar-refractivity contribution >= 4 is 0 Å². The smallest absolute Gasteiger partial charge is 0.0271 e. The molecule has 0 aliphatic carbocycles. The second kappa shape index (κ2) is 3.85. The molecule has 3 heteroatoms. The third-order valence-electron chi connectivity index (χ3n) is 2.46. The minimum Gasteiger partial charge on any atom is -0.326 e. The van der Waals surface area contributed by atoms with Crippen molar-refractivity contribution in [2.45, 2.75) is 19.0 Å².